The maximum absolute atomic E-state index is 12.2. The Morgan fingerprint density at radius 2 is 1.91 bits per heavy atom. The Hall–Kier alpha value is -2.20. The number of carbonyl (C=O) groups excluding carboxylic acids is 1. The molecule has 0 saturated heterocycles. The SMILES string of the molecule is Cl.Nc1ccc(CCNC(=O)C2COc3ccccc3C2)cc1. The summed E-state index contributed by atoms with van der Waals surface area (Å²) < 4.78 is 5.66. The number of carbonyl (C=O) groups is 1. The normalized spacial score (nSPS) is 15.7. The highest BCUT2D eigenvalue weighted by molar-refractivity contribution is 5.85. The van der Waals surface area contributed by atoms with Crippen molar-refractivity contribution in [1.82, 2.24) is 5.32 Å². The van der Waals surface area contributed by atoms with Crippen LogP contribution < -0.4 is 15.8 Å². The minimum atomic E-state index is -0.110. The predicted octanol–water partition coefficient (Wildman–Crippen LogP) is 2.60. The van der Waals surface area contributed by atoms with E-state index in [1.807, 2.05) is 48.5 Å². The molecule has 0 spiro atoms. The van der Waals surface area contributed by atoms with Gasteiger partial charge in [-0.3, -0.25) is 4.79 Å². The zero-order chi connectivity index (χ0) is 15.4. The minimum absolute atomic E-state index is 0. The molecule has 2 aromatic carbocycles. The molecule has 0 radical (unpaired) electrons. The van der Waals surface area contributed by atoms with Gasteiger partial charge in [0.15, 0.2) is 0 Å². The number of fused-ring (bicyclic) bond motifs is 1. The molecular weight excluding hydrogens is 312 g/mol. The van der Waals surface area contributed by atoms with Crippen LogP contribution in [-0.2, 0) is 17.6 Å². The predicted molar refractivity (Wildman–Crippen MR) is 93.9 cm³/mol. The second-order valence-electron chi connectivity index (χ2n) is 5.60. The van der Waals surface area contributed by atoms with Crippen LogP contribution in [0.2, 0.25) is 0 Å². The van der Waals surface area contributed by atoms with Crippen LogP contribution >= 0.6 is 12.4 Å². The number of benzene rings is 2. The van der Waals surface area contributed by atoms with Crippen LogP contribution in [0.4, 0.5) is 5.69 Å². The largest absolute Gasteiger partial charge is 0.492 e. The van der Waals surface area contributed by atoms with Gasteiger partial charge in [-0.1, -0.05) is 30.3 Å². The molecule has 0 saturated carbocycles. The molecule has 0 bridgehead atoms. The lowest BCUT2D eigenvalue weighted by atomic mass is 9.96. The van der Waals surface area contributed by atoms with Gasteiger partial charge in [0.25, 0.3) is 0 Å². The number of hydrogen-bond donors (Lipinski definition) is 2. The van der Waals surface area contributed by atoms with Gasteiger partial charge in [-0.15, -0.1) is 12.4 Å². The molecule has 5 heteroatoms. The highest BCUT2D eigenvalue weighted by Crippen LogP contribution is 2.26. The van der Waals surface area contributed by atoms with Crippen molar-refractivity contribution in [2.24, 2.45) is 5.92 Å². The number of rotatable bonds is 4. The third-order valence-corrected chi connectivity index (χ3v) is 3.94. The number of ether oxygens (including phenoxy) is 1. The third-order valence-electron chi connectivity index (χ3n) is 3.94. The van der Waals surface area contributed by atoms with E-state index in [0.29, 0.717) is 13.2 Å². The average Bonchev–Trinajstić information content (AvgIpc) is 2.56. The van der Waals surface area contributed by atoms with Gasteiger partial charge >= 0.3 is 0 Å². The van der Waals surface area contributed by atoms with Crippen molar-refractivity contribution in [3.8, 4) is 5.75 Å². The first-order valence-corrected chi connectivity index (χ1v) is 7.55. The van der Waals surface area contributed by atoms with Crippen molar-refractivity contribution in [1.29, 1.82) is 0 Å². The maximum atomic E-state index is 12.2. The molecule has 3 rings (SSSR count). The summed E-state index contributed by atoms with van der Waals surface area (Å²) in [5, 5.41) is 3.00. The summed E-state index contributed by atoms with van der Waals surface area (Å²) in [6.45, 7) is 1.08. The number of hydrogen-bond acceptors (Lipinski definition) is 3. The summed E-state index contributed by atoms with van der Waals surface area (Å²) in [7, 11) is 0. The molecule has 1 aliphatic rings. The lowest BCUT2D eigenvalue weighted by molar-refractivity contribution is -0.126. The lowest BCUT2D eigenvalue weighted by Crippen LogP contribution is -2.38. The second kappa shape index (κ2) is 7.88. The summed E-state index contributed by atoms with van der Waals surface area (Å²) in [4.78, 5) is 12.2. The maximum Gasteiger partial charge on any atom is 0.226 e. The molecule has 1 amide bonds. The van der Waals surface area contributed by atoms with Crippen LogP contribution in [-0.4, -0.2) is 19.1 Å². The van der Waals surface area contributed by atoms with E-state index < -0.39 is 0 Å². The van der Waals surface area contributed by atoms with Crippen LogP contribution in [0.1, 0.15) is 11.1 Å². The monoisotopic (exact) mass is 332 g/mol. The van der Waals surface area contributed by atoms with Crippen molar-refractivity contribution in [2.45, 2.75) is 12.8 Å². The van der Waals surface area contributed by atoms with Crippen LogP contribution in [0.3, 0.4) is 0 Å². The molecule has 0 aliphatic carbocycles. The molecule has 0 fully saturated rings. The van der Waals surface area contributed by atoms with E-state index in [4.69, 9.17) is 10.5 Å². The highest BCUT2D eigenvalue weighted by atomic mass is 35.5. The zero-order valence-electron chi connectivity index (χ0n) is 12.8. The summed E-state index contributed by atoms with van der Waals surface area (Å²) in [6.07, 6.45) is 1.54. The van der Waals surface area contributed by atoms with E-state index in [1.165, 1.54) is 5.56 Å². The number of nitrogen functional groups attached to an aromatic ring is 1. The Morgan fingerprint density at radius 1 is 1.17 bits per heavy atom. The zero-order valence-corrected chi connectivity index (χ0v) is 13.6. The van der Waals surface area contributed by atoms with Gasteiger partial charge in [0.05, 0.1) is 5.92 Å². The number of halogens is 1. The second-order valence-corrected chi connectivity index (χ2v) is 5.60. The Kier molecular flexibility index (Phi) is 5.88. The van der Waals surface area contributed by atoms with Gasteiger partial charge in [0.1, 0.15) is 12.4 Å². The Morgan fingerprint density at radius 3 is 2.70 bits per heavy atom. The van der Waals surface area contributed by atoms with E-state index in [1.54, 1.807) is 0 Å². The first-order chi connectivity index (χ1) is 10.7. The van der Waals surface area contributed by atoms with E-state index >= 15 is 0 Å². The van der Waals surface area contributed by atoms with E-state index in [-0.39, 0.29) is 24.2 Å². The number of amides is 1. The standard InChI is InChI=1S/C18H20N2O2.ClH/c19-16-7-5-13(6-8-16)9-10-20-18(21)15-11-14-3-1-2-4-17(14)22-12-15;/h1-8,15H,9-12,19H2,(H,20,21);1H. The Balaban J connectivity index is 0.00000192. The van der Waals surface area contributed by atoms with Gasteiger partial charge in [0, 0.05) is 12.2 Å². The molecular formula is C18H21ClN2O2. The molecule has 3 N–H and O–H groups in total. The van der Waals surface area contributed by atoms with Gasteiger partial charge in [-0.2, -0.15) is 0 Å². The summed E-state index contributed by atoms with van der Waals surface area (Å²) >= 11 is 0. The smallest absolute Gasteiger partial charge is 0.226 e. The molecule has 4 nitrogen and oxygen atoms in total. The number of para-hydroxylation sites is 1. The quantitative estimate of drug-likeness (QED) is 0.846. The summed E-state index contributed by atoms with van der Waals surface area (Å²) in [5.74, 6) is 0.847. The van der Waals surface area contributed by atoms with Crippen LogP contribution in [0.25, 0.3) is 0 Å². The van der Waals surface area contributed by atoms with Crippen molar-refractivity contribution in [3.63, 3.8) is 0 Å². The molecule has 2 aromatic rings. The third kappa shape index (κ3) is 4.39. The number of anilines is 1. The highest BCUT2D eigenvalue weighted by Gasteiger charge is 2.25. The lowest BCUT2D eigenvalue weighted by Gasteiger charge is -2.24. The van der Waals surface area contributed by atoms with Crippen LogP contribution in [0, 0.1) is 5.92 Å². The van der Waals surface area contributed by atoms with Gasteiger partial charge < -0.3 is 15.8 Å². The van der Waals surface area contributed by atoms with Crippen molar-refractivity contribution < 1.29 is 9.53 Å². The molecule has 122 valence electrons. The van der Waals surface area contributed by atoms with Crippen LogP contribution in [0.15, 0.2) is 48.5 Å². The van der Waals surface area contributed by atoms with Gasteiger partial charge in [-0.05, 0) is 42.2 Å². The van der Waals surface area contributed by atoms with Crippen molar-refractivity contribution >= 4 is 24.0 Å². The molecule has 1 aliphatic heterocycles. The summed E-state index contributed by atoms with van der Waals surface area (Å²) in [5.41, 5.74) is 8.68. The van der Waals surface area contributed by atoms with E-state index in [9.17, 15) is 4.79 Å². The molecule has 1 unspecified atom stereocenters. The topological polar surface area (TPSA) is 64.3 Å². The fourth-order valence-corrected chi connectivity index (χ4v) is 2.66. The fourth-order valence-electron chi connectivity index (χ4n) is 2.66. The first kappa shape index (κ1) is 17.2. The fraction of sp³-hybridized carbons (Fsp3) is 0.278. The van der Waals surface area contributed by atoms with E-state index in [0.717, 1.165) is 29.8 Å². The number of nitrogens with two attached hydrogens (primary N) is 1. The molecule has 23 heavy (non-hydrogen) atoms. The molecule has 0 aromatic heterocycles. The number of nitrogens with one attached hydrogen (secondary N) is 1. The van der Waals surface area contributed by atoms with Gasteiger partial charge in [-0.25, -0.2) is 0 Å². The molecule has 1 heterocycles. The van der Waals surface area contributed by atoms with Gasteiger partial charge in [0.2, 0.25) is 5.91 Å². The minimum Gasteiger partial charge on any atom is -0.492 e. The van der Waals surface area contributed by atoms with E-state index in [2.05, 4.69) is 5.32 Å². The van der Waals surface area contributed by atoms with Crippen LogP contribution in [0.5, 0.6) is 5.75 Å². The van der Waals surface area contributed by atoms with Crippen molar-refractivity contribution in [3.05, 3.63) is 59.7 Å². The first-order valence-electron chi connectivity index (χ1n) is 7.55. The Bertz CT molecular complexity index is 658. The van der Waals surface area contributed by atoms with Crippen molar-refractivity contribution in [2.75, 3.05) is 18.9 Å². The average molecular weight is 333 g/mol. The molecule has 1 atom stereocenters. The summed E-state index contributed by atoms with van der Waals surface area (Å²) in [6, 6.07) is 15.6. The Labute approximate surface area is 142 Å².